The van der Waals surface area contributed by atoms with Gasteiger partial charge in [-0.25, -0.2) is 4.99 Å². The summed E-state index contributed by atoms with van der Waals surface area (Å²) in [6.07, 6.45) is 0. The summed E-state index contributed by atoms with van der Waals surface area (Å²) in [5.74, 6) is -1.08. The summed E-state index contributed by atoms with van der Waals surface area (Å²) in [7, 11) is 1.66. The zero-order valence-electron chi connectivity index (χ0n) is 19.8. The zero-order chi connectivity index (χ0) is 24.4. The molecule has 0 fully saturated rings. The second kappa shape index (κ2) is 9.57. The van der Waals surface area contributed by atoms with Crippen molar-refractivity contribution in [2.45, 2.75) is 33.4 Å². The Labute approximate surface area is 199 Å². The summed E-state index contributed by atoms with van der Waals surface area (Å²) >= 11 is 0. The molecule has 1 aliphatic heterocycles. The Hall–Kier alpha value is -3.84. The Morgan fingerprint density at radius 2 is 1.71 bits per heavy atom. The molecule has 7 nitrogen and oxygen atoms in total. The van der Waals surface area contributed by atoms with Crippen LogP contribution in [0.2, 0.25) is 0 Å². The third kappa shape index (κ3) is 4.34. The van der Waals surface area contributed by atoms with E-state index < -0.39 is 11.9 Å². The van der Waals surface area contributed by atoms with Gasteiger partial charge < -0.3 is 15.1 Å². The van der Waals surface area contributed by atoms with Gasteiger partial charge in [0.05, 0.1) is 30.5 Å². The SMILES string of the molecule is CN[C@@H](C)C(=O)N=C1CN(C(C)=O)c2ccccc2N(Cc2c(C)ccc3ccccc23)C1=O. The Kier molecular flexibility index (Phi) is 6.56. The van der Waals surface area contributed by atoms with Crippen LogP contribution >= 0.6 is 0 Å². The molecule has 0 bridgehead atoms. The summed E-state index contributed by atoms with van der Waals surface area (Å²) in [4.78, 5) is 46.4. The molecular weight excluding hydrogens is 428 g/mol. The van der Waals surface area contributed by atoms with Crippen LogP contribution in [0.15, 0.2) is 65.7 Å². The summed E-state index contributed by atoms with van der Waals surface area (Å²) in [5, 5.41) is 4.99. The lowest BCUT2D eigenvalue weighted by Gasteiger charge is -2.25. The van der Waals surface area contributed by atoms with E-state index in [2.05, 4.69) is 16.4 Å². The van der Waals surface area contributed by atoms with Gasteiger partial charge in [-0.15, -0.1) is 0 Å². The minimum absolute atomic E-state index is 0.0383. The number of carbonyl (C=O) groups excluding carboxylic acids is 3. The van der Waals surface area contributed by atoms with Crippen LogP contribution in [0.3, 0.4) is 0 Å². The zero-order valence-corrected chi connectivity index (χ0v) is 19.8. The first-order valence-corrected chi connectivity index (χ1v) is 11.3. The van der Waals surface area contributed by atoms with Crippen molar-refractivity contribution in [2.75, 3.05) is 23.4 Å². The molecule has 0 aliphatic carbocycles. The number of nitrogens with one attached hydrogen (secondary N) is 1. The average molecular weight is 457 g/mol. The van der Waals surface area contributed by atoms with Gasteiger partial charge in [0.25, 0.3) is 11.8 Å². The molecule has 4 rings (SSSR count). The highest BCUT2D eigenvalue weighted by atomic mass is 16.2. The van der Waals surface area contributed by atoms with Crippen LogP contribution in [0.25, 0.3) is 10.8 Å². The highest BCUT2D eigenvalue weighted by molar-refractivity contribution is 6.47. The number of aliphatic imine (C=N–C) groups is 1. The maximum atomic E-state index is 13.9. The molecule has 3 aromatic rings. The van der Waals surface area contributed by atoms with E-state index in [1.54, 1.807) is 18.9 Å². The highest BCUT2D eigenvalue weighted by Gasteiger charge is 2.33. The van der Waals surface area contributed by atoms with Crippen molar-refractivity contribution in [3.8, 4) is 0 Å². The van der Waals surface area contributed by atoms with Gasteiger partial charge in [0, 0.05) is 6.92 Å². The number of anilines is 2. The fourth-order valence-corrected chi connectivity index (χ4v) is 4.18. The molecule has 0 saturated carbocycles. The lowest BCUT2D eigenvalue weighted by atomic mass is 9.99. The number of hydrogen-bond donors (Lipinski definition) is 1. The largest absolute Gasteiger partial charge is 0.309 e. The smallest absolute Gasteiger partial charge is 0.275 e. The molecule has 1 aliphatic rings. The van der Waals surface area contributed by atoms with E-state index in [-0.39, 0.29) is 30.6 Å². The normalized spacial score (nSPS) is 15.9. The van der Waals surface area contributed by atoms with Crippen molar-refractivity contribution in [3.05, 3.63) is 71.8 Å². The lowest BCUT2D eigenvalue weighted by molar-refractivity contribution is -0.120. The van der Waals surface area contributed by atoms with Gasteiger partial charge in [0.2, 0.25) is 5.91 Å². The monoisotopic (exact) mass is 456 g/mol. The Balaban J connectivity index is 1.89. The molecule has 34 heavy (non-hydrogen) atoms. The van der Waals surface area contributed by atoms with Crippen LogP contribution < -0.4 is 15.1 Å². The van der Waals surface area contributed by atoms with Gasteiger partial charge in [-0.05, 0) is 54.9 Å². The Bertz CT molecular complexity index is 1310. The number of hydrogen-bond acceptors (Lipinski definition) is 4. The molecule has 1 atom stereocenters. The van der Waals surface area contributed by atoms with Crippen molar-refractivity contribution in [1.29, 1.82) is 0 Å². The number of para-hydroxylation sites is 2. The predicted molar refractivity (Wildman–Crippen MR) is 135 cm³/mol. The maximum Gasteiger partial charge on any atom is 0.275 e. The topological polar surface area (TPSA) is 82.1 Å². The number of fused-ring (bicyclic) bond motifs is 2. The summed E-state index contributed by atoms with van der Waals surface area (Å²) in [6.45, 7) is 5.36. The molecule has 0 radical (unpaired) electrons. The van der Waals surface area contributed by atoms with Crippen molar-refractivity contribution in [3.63, 3.8) is 0 Å². The van der Waals surface area contributed by atoms with Crippen LogP contribution in [0, 0.1) is 6.92 Å². The van der Waals surface area contributed by atoms with E-state index in [4.69, 9.17) is 0 Å². The number of amides is 3. The van der Waals surface area contributed by atoms with E-state index in [1.165, 1.54) is 11.8 Å². The van der Waals surface area contributed by atoms with Gasteiger partial charge in [-0.3, -0.25) is 14.4 Å². The van der Waals surface area contributed by atoms with Crippen LogP contribution in [0.4, 0.5) is 11.4 Å². The van der Waals surface area contributed by atoms with E-state index >= 15 is 0 Å². The molecule has 3 amide bonds. The van der Waals surface area contributed by atoms with Crippen molar-refractivity contribution < 1.29 is 14.4 Å². The Morgan fingerprint density at radius 1 is 1.03 bits per heavy atom. The van der Waals surface area contributed by atoms with Crippen molar-refractivity contribution in [2.24, 2.45) is 4.99 Å². The van der Waals surface area contributed by atoms with Gasteiger partial charge >= 0.3 is 0 Å². The maximum absolute atomic E-state index is 13.9. The Morgan fingerprint density at radius 3 is 2.41 bits per heavy atom. The molecule has 0 unspecified atom stereocenters. The van der Waals surface area contributed by atoms with E-state index in [0.717, 1.165) is 21.9 Å². The third-order valence-electron chi connectivity index (χ3n) is 6.28. The van der Waals surface area contributed by atoms with E-state index in [1.807, 2.05) is 61.5 Å². The third-order valence-corrected chi connectivity index (χ3v) is 6.28. The van der Waals surface area contributed by atoms with Crippen molar-refractivity contribution in [1.82, 2.24) is 5.32 Å². The lowest BCUT2D eigenvalue weighted by Crippen LogP contribution is -2.41. The molecule has 0 aromatic heterocycles. The molecule has 7 heteroatoms. The van der Waals surface area contributed by atoms with Gasteiger partial charge in [0.1, 0.15) is 5.71 Å². The molecule has 0 spiro atoms. The minimum atomic E-state index is -0.550. The standard InChI is InChI=1S/C27H28N4O3/c1-17-13-14-20-9-5-6-10-21(20)22(17)15-31-25-12-8-7-11-24(25)30(19(3)32)16-23(27(31)34)29-26(33)18(2)28-4/h5-14,18,28H,15-16H2,1-4H3/t18-/m0/s1. The van der Waals surface area contributed by atoms with Gasteiger partial charge in [-0.2, -0.15) is 0 Å². The second-order valence-corrected chi connectivity index (χ2v) is 8.47. The average Bonchev–Trinajstić information content (AvgIpc) is 2.95. The first kappa shape index (κ1) is 23.3. The fraction of sp³-hybridized carbons (Fsp3) is 0.259. The van der Waals surface area contributed by atoms with Crippen LogP contribution in [0.5, 0.6) is 0 Å². The van der Waals surface area contributed by atoms with Crippen LogP contribution in [-0.2, 0) is 20.9 Å². The highest BCUT2D eigenvalue weighted by Crippen LogP contribution is 2.35. The van der Waals surface area contributed by atoms with Crippen LogP contribution in [0.1, 0.15) is 25.0 Å². The second-order valence-electron chi connectivity index (χ2n) is 8.47. The number of aryl methyl sites for hydroxylation is 1. The molecule has 1 N–H and O–H groups in total. The molecule has 174 valence electrons. The van der Waals surface area contributed by atoms with Gasteiger partial charge in [-0.1, -0.05) is 48.5 Å². The van der Waals surface area contributed by atoms with Crippen LogP contribution in [-0.4, -0.2) is 43.1 Å². The summed E-state index contributed by atoms with van der Waals surface area (Å²) < 4.78 is 0. The number of nitrogens with zero attached hydrogens (tertiary/aromatic N) is 3. The number of likely N-dealkylation sites (N-methyl/N-ethyl adjacent to an activating group) is 1. The quantitative estimate of drug-likeness (QED) is 0.650. The molecule has 1 heterocycles. The number of carbonyl (C=O) groups is 3. The molecule has 3 aromatic carbocycles. The summed E-state index contributed by atoms with van der Waals surface area (Å²) in [6, 6.07) is 18.9. The minimum Gasteiger partial charge on any atom is -0.309 e. The molecule has 0 saturated heterocycles. The van der Waals surface area contributed by atoms with Crippen molar-refractivity contribution >= 4 is 45.6 Å². The number of rotatable bonds is 4. The molecular formula is C27H28N4O3. The van der Waals surface area contributed by atoms with Gasteiger partial charge in [0.15, 0.2) is 0 Å². The first-order valence-electron chi connectivity index (χ1n) is 11.3. The predicted octanol–water partition coefficient (Wildman–Crippen LogP) is 3.62. The first-order chi connectivity index (χ1) is 16.3. The fourth-order valence-electron chi connectivity index (χ4n) is 4.18. The summed E-state index contributed by atoms with van der Waals surface area (Å²) in [5.41, 5.74) is 3.31. The number of benzene rings is 3. The van der Waals surface area contributed by atoms with E-state index in [0.29, 0.717) is 11.4 Å². The van der Waals surface area contributed by atoms with E-state index in [9.17, 15) is 14.4 Å².